The number of rotatable bonds is 6. The van der Waals surface area contributed by atoms with Crippen molar-refractivity contribution in [2.24, 2.45) is 0 Å². The first-order valence-corrected chi connectivity index (χ1v) is 6.51. The molecular weight excluding hydrogens is 244 g/mol. The molecule has 0 aromatic heterocycles. The number of para-hydroxylation sites is 1. The summed E-state index contributed by atoms with van der Waals surface area (Å²) in [5, 5.41) is 14.3. The number of carbonyl (C=O) groups is 2. The quantitative estimate of drug-likeness (QED) is 0.723. The van der Waals surface area contributed by atoms with Crippen molar-refractivity contribution in [3.05, 3.63) is 29.8 Å². The molecule has 1 aliphatic carbocycles. The van der Waals surface area contributed by atoms with E-state index in [-0.39, 0.29) is 30.9 Å². The van der Waals surface area contributed by atoms with E-state index in [1.54, 1.807) is 24.3 Å². The van der Waals surface area contributed by atoms with Gasteiger partial charge in [0.05, 0.1) is 11.3 Å². The molecule has 2 amide bonds. The lowest BCUT2D eigenvalue weighted by atomic mass is 10.1. The number of anilines is 1. The van der Waals surface area contributed by atoms with Crippen LogP contribution in [0.25, 0.3) is 0 Å². The summed E-state index contributed by atoms with van der Waals surface area (Å²) in [6.45, 7) is -0.0166. The van der Waals surface area contributed by atoms with Crippen LogP contribution in [0.5, 0.6) is 0 Å². The molecule has 0 radical (unpaired) electrons. The first-order chi connectivity index (χ1) is 9.20. The number of aliphatic hydroxyl groups excluding tert-OH is 1. The van der Waals surface area contributed by atoms with E-state index in [9.17, 15) is 9.59 Å². The highest BCUT2D eigenvalue weighted by atomic mass is 16.3. The van der Waals surface area contributed by atoms with Gasteiger partial charge < -0.3 is 15.7 Å². The van der Waals surface area contributed by atoms with Crippen LogP contribution in [0.3, 0.4) is 0 Å². The molecule has 1 aromatic carbocycles. The second-order valence-corrected chi connectivity index (χ2v) is 4.67. The summed E-state index contributed by atoms with van der Waals surface area (Å²) in [6.07, 6.45) is 2.71. The predicted molar refractivity (Wildman–Crippen MR) is 71.9 cm³/mol. The highest BCUT2D eigenvalue weighted by molar-refractivity contribution is 6.03. The van der Waals surface area contributed by atoms with Gasteiger partial charge >= 0.3 is 0 Å². The summed E-state index contributed by atoms with van der Waals surface area (Å²) in [6, 6.07) is 7.23. The van der Waals surface area contributed by atoms with Gasteiger partial charge in [-0.1, -0.05) is 12.1 Å². The maximum Gasteiger partial charge on any atom is 0.253 e. The van der Waals surface area contributed by atoms with Gasteiger partial charge in [-0.2, -0.15) is 0 Å². The molecule has 1 aromatic rings. The Balaban J connectivity index is 2.02. The number of nitrogens with one attached hydrogen (secondary N) is 2. The molecular formula is C14H18N2O3. The van der Waals surface area contributed by atoms with Crippen LogP contribution < -0.4 is 10.6 Å². The van der Waals surface area contributed by atoms with E-state index in [2.05, 4.69) is 10.6 Å². The lowest BCUT2D eigenvalue weighted by Crippen LogP contribution is -2.27. The third kappa shape index (κ3) is 4.06. The van der Waals surface area contributed by atoms with E-state index in [0.717, 1.165) is 12.8 Å². The van der Waals surface area contributed by atoms with Crippen molar-refractivity contribution in [2.75, 3.05) is 11.9 Å². The monoisotopic (exact) mass is 262 g/mol. The van der Waals surface area contributed by atoms with Crippen LogP contribution in [0.1, 0.15) is 36.0 Å². The molecule has 5 heteroatoms. The minimum atomic E-state index is -0.194. The number of benzene rings is 1. The normalized spacial score (nSPS) is 13.9. The van der Waals surface area contributed by atoms with E-state index >= 15 is 0 Å². The van der Waals surface area contributed by atoms with Gasteiger partial charge in [-0.05, 0) is 31.4 Å². The summed E-state index contributed by atoms with van der Waals surface area (Å²) in [5.74, 6) is -0.346. The van der Waals surface area contributed by atoms with Crippen molar-refractivity contribution in [3.8, 4) is 0 Å². The second kappa shape index (κ2) is 6.33. The second-order valence-electron chi connectivity index (χ2n) is 4.67. The minimum Gasteiger partial charge on any atom is -0.396 e. The Morgan fingerprint density at radius 3 is 2.68 bits per heavy atom. The van der Waals surface area contributed by atoms with E-state index in [4.69, 9.17) is 5.11 Å². The minimum absolute atomic E-state index is 0.0166. The highest BCUT2D eigenvalue weighted by Crippen LogP contribution is 2.21. The fourth-order valence-electron chi connectivity index (χ4n) is 1.73. The Bertz CT molecular complexity index is 470. The molecule has 19 heavy (non-hydrogen) atoms. The molecule has 0 heterocycles. The van der Waals surface area contributed by atoms with Gasteiger partial charge in [-0.25, -0.2) is 0 Å². The van der Waals surface area contributed by atoms with Crippen LogP contribution in [0, 0.1) is 0 Å². The van der Waals surface area contributed by atoms with Gasteiger partial charge in [0, 0.05) is 19.1 Å². The van der Waals surface area contributed by atoms with E-state index in [1.807, 2.05) is 0 Å². The zero-order valence-corrected chi connectivity index (χ0v) is 10.7. The van der Waals surface area contributed by atoms with Gasteiger partial charge in [-0.3, -0.25) is 9.59 Å². The van der Waals surface area contributed by atoms with Gasteiger partial charge in [-0.15, -0.1) is 0 Å². The van der Waals surface area contributed by atoms with Crippen molar-refractivity contribution < 1.29 is 14.7 Å². The molecule has 0 unspecified atom stereocenters. The fraction of sp³-hybridized carbons (Fsp3) is 0.429. The third-order valence-corrected chi connectivity index (χ3v) is 2.92. The largest absolute Gasteiger partial charge is 0.396 e. The molecule has 102 valence electrons. The van der Waals surface area contributed by atoms with Crippen molar-refractivity contribution >= 4 is 17.5 Å². The number of carbonyl (C=O) groups excluding carboxylic acids is 2. The van der Waals surface area contributed by atoms with Crippen LogP contribution in [0.2, 0.25) is 0 Å². The fourth-order valence-corrected chi connectivity index (χ4v) is 1.73. The number of hydrogen-bond acceptors (Lipinski definition) is 3. The van der Waals surface area contributed by atoms with Gasteiger partial charge in [0.2, 0.25) is 5.91 Å². The number of aliphatic hydroxyl groups is 1. The van der Waals surface area contributed by atoms with Crippen LogP contribution in [0.4, 0.5) is 5.69 Å². The van der Waals surface area contributed by atoms with Crippen molar-refractivity contribution in [3.63, 3.8) is 0 Å². The maximum absolute atomic E-state index is 12.0. The molecule has 0 saturated heterocycles. The summed E-state index contributed by atoms with van der Waals surface area (Å²) in [5.41, 5.74) is 0.996. The molecule has 5 nitrogen and oxygen atoms in total. The predicted octanol–water partition coefficient (Wildman–Crippen LogP) is 1.29. The summed E-state index contributed by atoms with van der Waals surface area (Å²) in [4.78, 5) is 23.6. The van der Waals surface area contributed by atoms with Crippen molar-refractivity contribution in [1.29, 1.82) is 0 Å². The SMILES string of the molecule is O=C(CCCO)Nc1ccccc1C(=O)NC1CC1. The Labute approximate surface area is 112 Å². The van der Waals surface area contributed by atoms with Crippen LogP contribution in [-0.2, 0) is 4.79 Å². The van der Waals surface area contributed by atoms with E-state index in [0.29, 0.717) is 17.7 Å². The van der Waals surface area contributed by atoms with Crippen LogP contribution >= 0.6 is 0 Å². The molecule has 2 rings (SSSR count). The Morgan fingerprint density at radius 1 is 1.26 bits per heavy atom. The van der Waals surface area contributed by atoms with Crippen LogP contribution in [-0.4, -0.2) is 29.6 Å². The van der Waals surface area contributed by atoms with Gasteiger partial charge in [0.15, 0.2) is 0 Å². The number of hydrogen-bond donors (Lipinski definition) is 3. The molecule has 1 saturated carbocycles. The average Bonchev–Trinajstić information content (AvgIpc) is 3.21. The van der Waals surface area contributed by atoms with E-state index < -0.39 is 0 Å². The Kier molecular flexibility index (Phi) is 4.52. The van der Waals surface area contributed by atoms with Gasteiger partial charge in [0.1, 0.15) is 0 Å². The molecule has 0 aliphatic heterocycles. The van der Waals surface area contributed by atoms with Crippen molar-refractivity contribution in [1.82, 2.24) is 5.32 Å². The molecule has 0 spiro atoms. The van der Waals surface area contributed by atoms with E-state index in [1.165, 1.54) is 0 Å². The molecule has 3 N–H and O–H groups in total. The number of amides is 2. The molecule has 1 fully saturated rings. The zero-order chi connectivity index (χ0) is 13.7. The van der Waals surface area contributed by atoms with Crippen molar-refractivity contribution in [2.45, 2.75) is 31.7 Å². The van der Waals surface area contributed by atoms with Crippen LogP contribution in [0.15, 0.2) is 24.3 Å². The summed E-state index contributed by atoms with van der Waals surface area (Å²) < 4.78 is 0. The first-order valence-electron chi connectivity index (χ1n) is 6.51. The lowest BCUT2D eigenvalue weighted by molar-refractivity contribution is -0.116. The molecule has 0 bridgehead atoms. The summed E-state index contributed by atoms with van der Waals surface area (Å²) >= 11 is 0. The molecule has 0 atom stereocenters. The third-order valence-electron chi connectivity index (χ3n) is 2.92. The Morgan fingerprint density at radius 2 is 2.00 bits per heavy atom. The molecule has 1 aliphatic rings. The smallest absolute Gasteiger partial charge is 0.253 e. The topological polar surface area (TPSA) is 78.4 Å². The van der Waals surface area contributed by atoms with Gasteiger partial charge in [0.25, 0.3) is 5.91 Å². The Hall–Kier alpha value is -1.88. The first kappa shape index (κ1) is 13.5. The maximum atomic E-state index is 12.0. The highest BCUT2D eigenvalue weighted by Gasteiger charge is 2.24. The standard InChI is InChI=1S/C14H18N2O3/c17-9-3-6-13(18)16-12-5-2-1-4-11(12)14(19)15-10-7-8-10/h1-2,4-5,10,17H,3,6-9H2,(H,15,19)(H,16,18). The zero-order valence-electron chi connectivity index (χ0n) is 10.7. The lowest BCUT2D eigenvalue weighted by Gasteiger charge is -2.10. The average molecular weight is 262 g/mol. The summed E-state index contributed by atoms with van der Waals surface area (Å²) in [7, 11) is 0.